The highest BCUT2D eigenvalue weighted by Gasteiger charge is 2.25. The molecule has 2 aromatic heterocycles. The second-order valence-electron chi connectivity index (χ2n) is 12.2. The Morgan fingerprint density at radius 1 is 0.600 bits per heavy atom. The van der Waals surface area contributed by atoms with Crippen molar-refractivity contribution >= 4 is 33.2 Å². The Hall–Kier alpha value is -3.28. The molecule has 0 amide bonds. The van der Waals surface area contributed by atoms with Gasteiger partial charge in [0, 0.05) is 58.8 Å². The van der Waals surface area contributed by atoms with Crippen molar-refractivity contribution in [1.82, 2.24) is 9.97 Å². The van der Waals surface area contributed by atoms with Crippen molar-refractivity contribution in [3.8, 4) is 0 Å². The van der Waals surface area contributed by atoms with Crippen LogP contribution in [0.4, 0.5) is 20.2 Å². The lowest BCUT2D eigenvalue weighted by atomic mass is 9.81. The van der Waals surface area contributed by atoms with Crippen LogP contribution in [0.3, 0.4) is 0 Å². The number of nitrogens with zero attached hydrogens (tertiary/aromatic N) is 2. The Labute approximate surface area is 235 Å². The molecule has 0 aliphatic heterocycles. The van der Waals surface area contributed by atoms with Crippen molar-refractivity contribution in [2.75, 3.05) is 23.7 Å². The normalized spacial score (nSPS) is 20.8. The van der Waals surface area contributed by atoms with Crippen LogP contribution < -0.4 is 10.6 Å². The van der Waals surface area contributed by atoms with Crippen LogP contribution in [0.1, 0.15) is 73.9 Å². The van der Waals surface area contributed by atoms with E-state index in [-0.39, 0.29) is 11.6 Å². The molecule has 6 heteroatoms. The molecular formula is C34H38F2N4. The molecule has 3 aliphatic rings. The van der Waals surface area contributed by atoms with Gasteiger partial charge in [0.05, 0.1) is 11.0 Å². The Bertz CT molecular complexity index is 1440. The fraction of sp³-hybridized carbons (Fsp3) is 0.471. The molecular weight excluding hydrogens is 502 g/mol. The molecule has 2 N–H and O–H groups in total. The van der Waals surface area contributed by atoms with Crippen molar-refractivity contribution in [1.29, 1.82) is 0 Å². The van der Waals surface area contributed by atoms with Crippen molar-refractivity contribution in [2.45, 2.75) is 77.0 Å². The zero-order valence-electron chi connectivity index (χ0n) is 23.2. The lowest BCUT2D eigenvalue weighted by Crippen LogP contribution is -2.26. The van der Waals surface area contributed by atoms with Crippen LogP contribution in [0, 0.1) is 23.5 Å². The Morgan fingerprint density at radius 3 is 1.48 bits per heavy atom. The number of nitrogens with one attached hydrogen (secondary N) is 2. The number of pyridine rings is 2. The van der Waals surface area contributed by atoms with Crippen LogP contribution in [0.25, 0.3) is 21.8 Å². The predicted octanol–water partition coefficient (Wildman–Crippen LogP) is 8.15. The highest BCUT2D eigenvalue weighted by molar-refractivity contribution is 5.94. The molecule has 4 nitrogen and oxygen atoms in total. The Kier molecular flexibility index (Phi) is 7.03. The molecule has 2 aromatic carbocycles. The number of aryl methyl sites for hydroxylation is 2. The van der Waals surface area contributed by atoms with Gasteiger partial charge in [0.2, 0.25) is 0 Å². The standard InChI is InChI=1S/C34H38F2N4/c35-23-13-15-27-31(17-23)39-29-7-3-1-5-25(29)33(27)37-19-21-9-11-22(12-10-21)20-38-34-26-6-2-4-8-30(26)40-32-18-24(36)14-16-28(32)34/h13-18,21-22H,1-12,19-20H2,(H,37,39)(H,38,40). The van der Waals surface area contributed by atoms with E-state index in [1.807, 2.05) is 12.1 Å². The maximum Gasteiger partial charge on any atom is 0.125 e. The van der Waals surface area contributed by atoms with E-state index >= 15 is 0 Å². The van der Waals surface area contributed by atoms with E-state index in [0.717, 1.165) is 84.8 Å². The topological polar surface area (TPSA) is 49.8 Å². The summed E-state index contributed by atoms with van der Waals surface area (Å²) in [6.45, 7) is 1.91. The van der Waals surface area contributed by atoms with Gasteiger partial charge in [0.25, 0.3) is 0 Å². The molecule has 0 spiro atoms. The number of rotatable bonds is 6. The number of aromatic nitrogens is 2. The van der Waals surface area contributed by atoms with Gasteiger partial charge in [0.1, 0.15) is 11.6 Å². The van der Waals surface area contributed by atoms with E-state index in [9.17, 15) is 8.78 Å². The van der Waals surface area contributed by atoms with Crippen LogP contribution in [0.5, 0.6) is 0 Å². The van der Waals surface area contributed by atoms with Crippen LogP contribution in [0.15, 0.2) is 36.4 Å². The van der Waals surface area contributed by atoms with Crippen molar-refractivity contribution in [3.63, 3.8) is 0 Å². The summed E-state index contributed by atoms with van der Waals surface area (Å²) in [5.74, 6) is 0.829. The first-order valence-corrected chi connectivity index (χ1v) is 15.3. The molecule has 4 aromatic rings. The molecule has 0 radical (unpaired) electrons. The minimum absolute atomic E-state index is 0.221. The molecule has 3 aliphatic carbocycles. The van der Waals surface area contributed by atoms with E-state index in [1.165, 1.54) is 61.0 Å². The van der Waals surface area contributed by atoms with Crippen LogP contribution in [-0.2, 0) is 25.7 Å². The van der Waals surface area contributed by atoms with Crippen molar-refractivity contribution < 1.29 is 8.78 Å². The average molecular weight is 541 g/mol. The summed E-state index contributed by atoms with van der Waals surface area (Å²) in [5, 5.41) is 9.74. The molecule has 1 saturated carbocycles. The maximum absolute atomic E-state index is 14.0. The summed E-state index contributed by atoms with van der Waals surface area (Å²) in [5.41, 5.74) is 8.90. The van der Waals surface area contributed by atoms with Gasteiger partial charge in [-0.3, -0.25) is 9.97 Å². The summed E-state index contributed by atoms with van der Waals surface area (Å²) < 4.78 is 28.0. The number of hydrogen-bond acceptors (Lipinski definition) is 4. The second kappa shape index (κ2) is 10.9. The van der Waals surface area contributed by atoms with E-state index in [0.29, 0.717) is 11.8 Å². The zero-order chi connectivity index (χ0) is 27.1. The van der Waals surface area contributed by atoms with Gasteiger partial charge in [0.15, 0.2) is 0 Å². The monoisotopic (exact) mass is 540 g/mol. The molecule has 40 heavy (non-hydrogen) atoms. The smallest absolute Gasteiger partial charge is 0.125 e. The van der Waals surface area contributed by atoms with Crippen LogP contribution in [0.2, 0.25) is 0 Å². The molecule has 0 saturated heterocycles. The molecule has 0 atom stereocenters. The first kappa shape index (κ1) is 25.7. The van der Waals surface area contributed by atoms with Crippen LogP contribution in [-0.4, -0.2) is 23.1 Å². The summed E-state index contributed by atoms with van der Waals surface area (Å²) in [4.78, 5) is 9.66. The predicted molar refractivity (Wildman–Crippen MR) is 159 cm³/mol. The first-order chi connectivity index (χ1) is 19.6. The number of benzene rings is 2. The summed E-state index contributed by atoms with van der Waals surface area (Å²) in [6, 6.07) is 10.1. The van der Waals surface area contributed by atoms with Gasteiger partial charge in [-0.25, -0.2) is 8.78 Å². The molecule has 7 rings (SSSR count). The van der Waals surface area contributed by atoms with Crippen LogP contribution >= 0.6 is 0 Å². The fourth-order valence-corrected chi connectivity index (χ4v) is 7.33. The van der Waals surface area contributed by atoms with Gasteiger partial charge >= 0.3 is 0 Å². The zero-order valence-corrected chi connectivity index (χ0v) is 23.2. The third-order valence-electron chi connectivity index (χ3n) is 9.55. The number of fused-ring (bicyclic) bond motifs is 4. The van der Waals surface area contributed by atoms with Crippen molar-refractivity contribution in [2.24, 2.45) is 11.8 Å². The van der Waals surface area contributed by atoms with Gasteiger partial charge in [-0.1, -0.05) is 0 Å². The van der Waals surface area contributed by atoms with E-state index < -0.39 is 0 Å². The number of hydrogen-bond donors (Lipinski definition) is 2. The van der Waals surface area contributed by atoms with Crippen molar-refractivity contribution in [3.05, 3.63) is 70.5 Å². The molecule has 0 unspecified atom stereocenters. The van der Waals surface area contributed by atoms with Gasteiger partial charge in [-0.05, 0) is 124 Å². The SMILES string of the molecule is Fc1ccc2c(NCC3CCC(CNc4c5c(nc6cc(F)ccc46)CCCC5)CC3)c3c(nc2c1)CCCC3. The Balaban J connectivity index is 1.01. The van der Waals surface area contributed by atoms with E-state index in [4.69, 9.17) is 9.97 Å². The molecule has 208 valence electrons. The molecule has 1 fully saturated rings. The quantitative estimate of drug-likeness (QED) is 0.259. The second-order valence-corrected chi connectivity index (χ2v) is 12.2. The lowest BCUT2D eigenvalue weighted by molar-refractivity contribution is 0.293. The summed E-state index contributed by atoms with van der Waals surface area (Å²) in [6.07, 6.45) is 13.6. The summed E-state index contributed by atoms with van der Waals surface area (Å²) in [7, 11) is 0. The minimum Gasteiger partial charge on any atom is -0.384 e. The first-order valence-electron chi connectivity index (χ1n) is 15.3. The number of anilines is 2. The van der Waals surface area contributed by atoms with Gasteiger partial charge in [-0.15, -0.1) is 0 Å². The highest BCUT2D eigenvalue weighted by Crippen LogP contribution is 2.37. The molecule has 2 heterocycles. The lowest BCUT2D eigenvalue weighted by Gasteiger charge is -2.31. The summed E-state index contributed by atoms with van der Waals surface area (Å²) >= 11 is 0. The number of halogens is 2. The highest BCUT2D eigenvalue weighted by atomic mass is 19.1. The minimum atomic E-state index is -0.221. The average Bonchev–Trinajstić information content (AvgIpc) is 2.97. The van der Waals surface area contributed by atoms with Gasteiger partial charge in [-0.2, -0.15) is 0 Å². The third-order valence-corrected chi connectivity index (χ3v) is 9.55. The maximum atomic E-state index is 14.0. The fourth-order valence-electron chi connectivity index (χ4n) is 7.33. The molecule has 0 bridgehead atoms. The largest absolute Gasteiger partial charge is 0.384 e. The third kappa shape index (κ3) is 5.02. The van der Waals surface area contributed by atoms with E-state index in [2.05, 4.69) is 10.6 Å². The van der Waals surface area contributed by atoms with E-state index in [1.54, 1.807) is 24.3 Å². The Morgan fingerprint density at radius 2 is 1.02 bits per heavy atom. The van der Waals surface area contributed by atoms with Gasteiger partial charge < -0.3 is 10.6 Å².